The number of carbonyl (C=O) groups excluding carboxylic acids is 1. The molecule has 2 amide bonds. The van der Waals surface area contributed by atoms with Crippen LogP contribution in [0, 0.1) is 6.92 Å². The predicted octanol–water partition coefficient (Wildman–Crippen LogP) is 2.06. The average Bonchev–Trinajstić information content (AvgIpc) is 2.80. The zero-order chi connectivity index (χ0) is 13.8. The largest absolute Gasteiger partial charge is 0.477 e. The molecular weight excluding hydrogens is 248 g/mol. The van der Waals surface area contributed by atoms with Gasteiger partial charge < -0.3 is 10.4 Å². The first-order chi connectivity index (χ1) is 9.04. The van der Waals surface area contributed by atoms with E-state index in [-0.39, 0.29) is 11.5 Å². The number of anilines is 2. The number of carbonyl (C=O) groups is 2. The Bertz CT molecular complexity index is 604. The summed E-state index contributed by atoms with van der Waals surface area (Å²) in [4.78, 5) is 22.2. The highest BCUT2D eigenvalue weighted by atomic mass is 16.4. The molecule has 0 unspecified atom stereocenters. The van der Waals surface area contributed by atoms with Crippen LogP contribution in [0.1, 0.15) is 16.1 Å². The molecule has 4 N–H and O–H groups in total. The molecule has 0 aliphatic heterocycles. The second kappa shape index (κ2) is 5.21. The van der Waals surface area contributed by atoms with Crippen molar-refractivity contribution in [1.29, 1.82) is 0 Å². The molecule has 0 saturated heterocycles. The van der Waals surface area contributed by atoms with Crippen molar-refractivity contribution in [1.82, 2.24) is 10.2 Å². The zero-order valence-electron chi connectivity index (χ0n) is 10.1. The number of aryl methyl sites for hydroxylation is 1. The third-order valence-electron chi connectivity index (χ3n) is 2.36. The molecule has 1 aromatic carbocycles. The fourth-order valence-corrected chi connectivity index (χ4v) is 1.41. The van der Waals surface area contributed by atoms with Gasteiger partial charge in [-0.15, -0.1) is 0 Å². The summed E-state index contributed by atoms with van der Waals surface area (Å²) in [5.41, 5.74) is 1.63. The third-order valence-corrected chi connectivity index (χ3v) is 2.36. The van der Waals surface area contributed by atoms with E-state index in [4.69, 9.17) is 5.11 Å². The highest BCUT2D eigenvalue weighted by Crippen LogP contribution is 2.10. The first-order valence-corrected chi connectivity index (χ1v) is 5.48. The highest BCUT2D eigenvalue weighted by Gasteiger charge is 2.09. The first kappa shape index (κ1) is 12.6. The van der Waals surface area contributed by atoms with Gasteiger partial charge in [0.15, 0.2) is 5.82 Å². The molecule has 98 valence electrons. The molecule has 0 saturated carbocycles. The molecule has 0 atom stereocenters. The van der Waals surface area contributed by atoms with Crippen molar-refractivity contribution in [3.63, 3.8) is 0 Å². The van der Waals surface area contributed by atoms with E-state index in [1.54, 1.807) is 12.1 Å². The van der Waals surface area contributed by atoms with E-state index in [1.807, 2.05) is 19.1 Å². The van der Waals surface area contributed by atoms with Crippen LogP contribution in [0.25, 0.3) is 0 Å². The van der Waals surface area contributed by atoms with Crippen LogP contribution in [0.5, 0.6) is 0 Å². The molecule has 0 aliphatic carbocycles. The Balaban J connectivity index is 1.97. The molecule has 7 heteroatoms. The summed E-state index contributed by atoms with van der Waals surface area (Å²) in [6, 6.07) is 8.01. The maximum Gasteiger partial charge on any atom is 0.353 e. The molecule has 19 heavy (non-hydrogen) atoms. The van der Waals surface area contributed by atoms with Crippen LogP contribution in [0.4, 0.5) is 16.3 Å². The summed E-state index contributed by atoms with van der Waals surface area (Å²) >= 11 is 0. The van der Waals surface area contributed by atoms with Gasteiger partial charge in [0.05, 0.1) is 0 Å². The molecule has 0 fully saturated rings. The number of hydrogen-bond donors (Lipinski definition) is 4. The molecule has 1 heterocycles. The number of hydrogen-bond acceptors (Lipinski definition) is 3. The molecule has 0 spiro atoms. The summed E-state index contributed by atoms with van der Waals surface area (Å²) in [7, 11) is 0. The molecule has 2 aromatic rings. The molecule has 0 aliphatic rings. The number of carboxylic acid groups (broad SMARTS) is 1. The smallest absolute Gasteiger partial charge is 0.353 e. The Morgan fingerprint density at radius 1 is 1.21 bits per heavy atom. The molecule has 7 nitrogen and oxygen atoms in total. The van der Waals surface area contributed by atoms with Crippen molar-refractivity contribution in [2.45, 2.75) is 6.92 Å². The lowest BCUT2D eigenvalue weighted by molar-refractivity contribution is 0.0690. The number of urea groups is 1. The summed E-state index contributed by atoms with van der Waals surface area (Å²) in [6.45, 7) is 1.95. The summed E-state index contributed by atoms with van der Waals surface area (Å²) < 4.78 is 0. The van der Waals surface area contributed by atoms with Crippen molar-refractivity contribution in [3.05, 3.63) is 41.6 Å². The van der Waals surface area contributed by atoms with Gasteiger partial charge >= 0.3 is 12.0 Å². The van der Waals surface area contributed by atoms with Crippen molar-refractivity contribution in [2.75, 3.05) is 10.6 Å². The van der Waals surface area contributed by atoms with E-state index in [9.17, 15) is 9.59 Å². The van der Waals surface area contributed by atoms with Crippen LogP contribution in [0.15, 0.2) is 30.3 Å². The lowest BCUT2D eigenvalue weighted by atomic mass is 10.2. The maximum atomic E-state index is 11.6. The van der Waals surface area contributed by atoms with Gasteiger partial charge in [-0.1, -0.05) is 17.7 Å². The van der Waals surface area contributed by atoms with Crippen LogP contribution >= 0.6 is 0 Å². The molecule has 1 aromatic heterocycles. The van der Waals surface area contributed by atoms with Gasteiger partial charge in [0.25, 0.3) is 0 Å². The topological polar surface area (TPSA) is 107 Å². The van der Waals surface area contributed by atoms with E-state index in [0.717, 1.165) is 5.56 Å². The van der Waals surface area contributed by atoms with Crippen molar-refractivity contribution < 1.29 is 14.7 Å². The van der Waals surface area contributed by atoms with E-state index in [0.29, 0.717) is 5.69 Å². The molecular formula is C12H12N4O3. The summed E-state index contributed by atoms with van der Waals surface area (Å²) in [5, 5.41) is 19.7. The van der Waals surface area contributed by atoms with Crippen LogP contribution in [-0.4, -0.2) is 27.3 Å². The Morgan fingerprint density at radius 3 is 2.47 bits per heavy atom. The Labute approximate surface area is 108 Å². The standard InChI is InChI=1S/C12H12N4O3/c1-7-2-4-8(5-3-7)13-12(19)14-10-6-9(11(17)18)15-16-10/h2-6H,1H3,(H,17,18)(H3,13,14,15,16,19). The number of nitrogens with one attached hydrogen (secondary N) is 3. The number of H-pyrrole nitrogens is 1. The Hall–Kier alpha value is -2.83. The first-order valence-electron chi connectivity index (χ1n) is 5.48. The van der Waals surface area contributed by atoms with E-state index < -0.39 is 12.0 Å². The normalized spacial score (nSPS) is 9.95. The SMILES string of the molecule is Cc1ccc(NC(=O)Nc2cc(C(=O)O)[nH]n2)cc1. The van der Waals surface area contributed by atoms with Crippen molar-refractivity contribution in [2.24, 2.45) is 0 Å². The van der Waals surface area contributed by atoms with E-state index >= 15 is 0 Å². The number of aromatic carboxylic acids is 1. The van der Waals surface area contributed by atoms with Gasteiger partial charge in [-0.25, -0.2) is 9.59 Å². The van der Waals surface area contributed by atoms with Gasteiger partial charge in [0.1, 0.15) is 5.69 Å². The maximum absolute atomic E-state index is 11.6. The number of rotatable bonds is 3. The number of aromatic amines is 1. The minimum absolute atomic E-state index is 0.0920. The molecule has 0 radical (unpaired) electrons. The number of aromatic nitrogens is 2. The number of carboxylic acids is 1. The fourth-order valence-electron chi connectivity index (χ4n) is 1.41. The van der Waals surface area contributed by atoms with Gasteiger partial charge in [-0.2, -0.15) is 5.10 Å². The second-order valence-corrected chi connectivity index (χ2v) is 3.92. The fraction of sp³-hybridized carbons (Fsp3) is 0.0833. The summed E-state index contributed by atoms with van der Waals surface area (Å²) in [6.07, 6.45) is 0. The number of amides is 2. The van der Waals surface area contributed by atoms with Gasteiger partial charge in [0, 0.05) is 11.8 Å². The van der Waals surface area contributed by atoms with Crippen LogP contribution < -0.4 is 10.6 Å². The van der Waals surface area contributed by atoms with Crippen LogP contribution in [0.2, 0.25) is 0 Å². The molecule has 2 rings (SSSR count). The minimum atomic E-state index is -1.14. The zero-order valence-corrected chi connectivity index (χ0v) is 10.1. The lowest BCUT2D eigenvalue weighted by Gasteiger charge is -2.05. The summed E-state index contributed by atoms with van der Waals surface area (Å²) in [5.74, 6) is -0.999. The second-order valence-electron chi connectivity index (χ2n) is 3.92. The van der Waals surface area contributed by atoms with Crippen LogP contribution in [0.3, 0.4) is 0 Å². The quantitative estimate of drug-likeness (QED) is 0.677. The minimum Gasteiger partial charge on any atom is -0.477 e. The van der Waals surface area contributed by atoms with Gasteiger partial charge in [-0.05, 0) is 19.1 Å². The van der Waals surface area contributed by atoms with Crippen molar-refractivity contribution in [3.8, 4) is 0 Å². The monoisotopic (exact) mass is 260 g/mol. The van der Waals surface area contributed by atoms with Gasteiger partial charge in [-0.3, -0.25) is 10.4 Å². The van der Waals surface area contributed by atoms with Crippen LogP contribution in [-0.2, 0) is 0 Å². The van der Waals surface area contributed by atoms with E-state index in [1.165, 1.54) is 6.07 Å². The third kappa shape index (κ3) is 3.32. The van der Waals surface area contributed by atoms with Gasteiger partial charge in [0.2, 0.25) is 0 Å². The van der Waals surface area contributed by atoms with Crippen molar-refractivity contribution >= 4 is 23.5 Å². The number of benzene rings is 1. The Kier molecular flexibility index (Phi) is 3.46. The highest BCUT2D eigenvalue weighted by molar-refractivity contribution is 5.99. The molecule has 0 bridgehead atoms. The van der Waals surface area contributed by atoms with E-state index in [2.05, 4.69) is 20.8 Å². The predicted molar refractivity (Wildman–Crippen MR) is 69.4 cm³/mol. The number of nitrogens with zero attached hydrogens (tertiary/aromatic N) is 1. The average molecular weight is 260 g/mol. The lowest BCUT2D eigenvalue weighted by Crippen LogP contribution is -2.19. The Morgan fingerprint density at radius 2 is 1.89 bits per heavy atom.